The highest BCUT2D eigenvalue weighted by Gasteiger charge is 2.18. The van der Waals surface area contributed by atoms with E-state index in [1.165, 1.54) is 0 Å². The molecule has 0 aliphatic heterocycles. The Bertz CT molecular complexity index is 604. The van der Waals surface area contributed by atoms with E-state index in [1.807, 2.05) is 37.4 Å². The van der Waals surface area contributed by atoms with Crippen LogP contribution >= 0.6 is 15.9 Å². The van der Waals surface area contributed by atoms with Gasteiger partial charge < -0.3 is 5.32 Å². The number of aromatic nitrogens is 2. The number of carbonyl (C=O) groups is 1. The van der Waals surface area contributed by atoms with Gasteiger partial charge in [-0.15, -0.1) is 0 Å². The normalized spacial score (nSPS) is 10.9. The molecule has 0 radical (unpaired) electrons. The lowest BCUT2D eigenvalue weighted by atomic mass is 10.2. The van der Waals surface area contributed by atoms with Gasteiger partial charge in [-0.1, -0.05) is 6.92 Å². The van der Waals surface area contributed by atoms with Crippen LogP contribution in [0.4, 0.5) is 0 Å². The molecule has 2 aromatic heterocycles. The lowest BCUT2D eigenvalue weighted by molar-refractivity contribution is 0.0949. The van der Waals surface area contributed by atoms with Crippen LogP contribution in [0.1, 0.15) is 35.6 Å². The molecule has 0 unspecified atom stereocenters. The van der Waals surface area contributed by atoms with Gasteiger partial charge in [0, 0.05) is 12.7 Å². The van der Waals surface area contributed by atoms with E-state index in [0.717, 1.165) is 27.8 Å². The van der Waals surface area contributed by atoms with Gasteiger partial charge in [-0.25, -0.2) is 4.98 Å². The zero-order valence-electron chi connectivity index (χ0n) is 10.7. The maximum absolute atomic E-state index is 12.1. The molecule has 96 valence electrons. The van der Waals surface area contributed by atoms with Gasteiger partial charge in [0.25, 0.3) is 5.91 Å². The molecule has 0 aliphatic rings. The summed E-state index contributed by atoms with van der Waals surface area (Å²) in [6.45, 7) is 6.53. The van der Waals surface area contributed by atoms with Crippen LogP contribution in [0.3, 0.4) is 0 Å². The van der Waals surface area contributed by atoms with E-state index < -0.39 is 0 Å². The van der Waals surface area contributed by atoms with E-state index >= 15 is 0 Å². The number of aryl methyl sites for hydroxylation is 2. The molecule has 0 saturated heterocycles. The predicted octanol–water partition coefficient (Wildman–Crippen LogP) is 2.72. The molecular weight excluding hydrogens is 294 g/mol. The smallest absolute Gasteiger partial charge is 0.270 e. The molecule has 0 aliphatic carbocycles. The summed E-state index contributed by atoms with van der Waals surface area (Å²) in [6, 6.07) is 2.00. The van der Waals surface area contributed by atoms with Crippen LogP contribution in [0.25, 0.3) is 5.65 Å². The van der Waals surface area contributed by atoms with Crippen molar-refractivity contribution in [2.45, 2.75) is 27.2 Å². The predicted molar refractivity (Wildman–Crippen MR) is 75.0 cm³/mol. The first-order valence-electron chi connectivity index (χ1n) is 6.03. The molecule has 0 fully saturated rings. The van der Waals surface area contributed by atoms with Crippen LogP contribution in [-0.2, 0) is 6.42 Å². The van der Waals surface area contributed by atoms with Gasteiger partial charge in [0.2, 0.25) is 0 Å². The van der Waals surface area contributed by atoms with Crippen molar-refractivity contribution in [3.8, 4) is 0 Å². The van der Waals surface area contributed by atoms with Crippen molar-refractivity contribution in [3.63, 3.8) is 0 Å². The summed E-state index contributed by atoms with van der Waals surface area (Å²) >= 11 is 3.50. The summed E-state index contributed by atoms with van der Waals surface area (Å²) in [6.07, 6.45) is 2.68. The number of fused-ring (bicyclic) bond motifs is 1. The van der Waals surface area contributed by atoms with E-state index in [9.17, 15) is 4.79 Å². The van der Waals surface area contributed by atoms with Gasteiger partial charge in [-0.2, -0.15) is 0 Å². The van der Waals surface area contributed by atoms with Crippen LogP contribution in [0.2, 0.25) is 0 Å². The number of hydrogen-bond acceptors (Lipinski definition) is 2. The Labute approximate surface area is 115 Å². The third-order valence-corrected chi connectivity index (χ3v) is 3.35. The molecule has 2 heterocycles. The second kappa shape index (κ2) is 5.10. The molecule has 0 atom stereocenters. The Balaban J connectivity index is 2.72. The van der Waals surface area contributed by atoms with E-state index in [-0.39, 0.29) is 5.91 Å². The van der Waals surface area contributed by atoms with Crippen LogP contribution < -0.4 is 5.32 Å². The zero-order valence-corrected chi connectivity index (χ0v) is 12.3. The zero-order chi connectivity index (χ0) is 13.3. The van der Waals surface area contributed by atoms with Crippen molar-refractivity contribution in [3.05, 3.63) is 33.7 Å². The van der Waals surface area contributed by atoms with Crippen molar-refractivity contribution in [2.24, 2.45) is 0 Å². The lowest BCUT2D eigenvalue weighted by Gasteiger charge is -2.05. The Morgan fingerprint density at radius 3 is 2.83 bits per heavy atom. The Hall–Kier alpha value is -1.36. The summed E-state index contributed by atoms with van der Waals surface area (Å²) in [5.74, 6) is -0.0700. The maximum Gasteiger partial charge on any atom is 0.270 e. The second-order valence-electron chi connectivity index (χ2n) is 4.18. The molecular formula is C13H16BrN3O. The van der Waals surface area contributed by atoms with Crippen molar-refractivity contribution < 1.29 is 4.79 Å². The number of nitrogens with one attached hydrogen (secondary N) is 1. The molecule has 4 nitrogen and oxygen atoms in total. The summed E-state index contributed by atoms with van der Waals surface area (Å²) < 4.78 is 2.77. The van der Waals surface area contributed by atoms with E-state index in [0.29, 0.717) is 12.2 Å². The quantitative estimate of drug-likeness (QED) is 0.947. The fraction of sp³-hybridized carbons (Fsp3) is 0.385. The van der Waals surface area contributed by atoms with Gasteiger partial charge in [-0.3, -0.25) is 9.20 Å². The van der Waals surface area contributed by atoms with Crippen LogP contribution in [0.15, 0.2) is 16.7 Å². The van der Waals surface area contributed by atoms with E-state index in [4.69, 9.17) is 0 Å². The van der Waals surface area contributed by atoms with E-state index in [1.54, 1.807) is 0 Å². The van der Waals surface area contributed by atoms with Gasteiger partial charge in [-0.05, 0) is 47.8 Å². The summed E-state index contributed by atoms with van der Waals surface area (Å²) in [7, 11) is 0. The van der Waals surface area contributed by atoms with Crippen molar-refractivity contribution >= 4 is 27.5 Å². The van der Waals surface area contributed by atoms with Gasteiger partial charge in [0.1, 0.15) is 5.69 Å². The molecule has 1 N–H and O–H groups in total. The third-order valence-electron chi connectivity index (χ3n) is 2.77. The molecule has 5 heteroatoms. The molecule has 0 saturated carbocycles. The first-order chi connectivity index (χ1) is 8.58. The second-order valence-corrected chi connectivity index (χ2v) is 5.03. The SMILES string of the molecule is CCNC(=O)c1c(CC)nc2c(Br)cc(C)cn12. The minimum Gasteiger partial charge on any atom is -0.351 e. The molecule has 0 aromatic carbocycles. The summed E-state index contributed by atoms with van der Waals surface area (Å²) in [4.78, 5) is 16.7. The monoisotopic (exact) mass is 309 g/mol. The average Bonchev–Trinajstić information content (AvgIpc) is 2.68. The Kier molecular flexibility index (Phi) is 3.71. The molecule has 18 heavy (non-hydrogen) atoms. The Morgan fingerprint density at radius 2 is 2.22 bits per heavy atom. The number of amides is 1. The fourth-order valence-electron chi connectivity index (χ4n) is 2.01. The molecule has 2 rings (SSSR count). The van der Waals surface area contributed by atoms with Crippen molar-refractivity contribution in [2.75, 3.05) is 6.54 Å². The minimum absolute atomic E-state index is 0.0700. The fourth-order valence-corrected chi connectivity index (χ4v) is 2.65. The summed E-state index contributed by atoms with van der Waals surface area (Å²) in [5, 5.41) is 2.84. The third kappa shape index (κ3) is 2.14. The topological polar surface area (TPSA) is 46.4 Å². The first-order valence-corrected chi connectivity index (χ1v) is 6.83. The molecule has 2 aromatic rings. The molecule has 0 spiro atoms. The highest BCUT2D eigenvalue weighted by Crippen LogP contribution is 2.22. The van der Waals surface area contributed by atoms with Crippen LogP contribution in [0.5, 0.6) is 0 Å². The van der Waals surface area contributed by atoms with Gasteiger partial charge in [0.15, 0.2) is 5.65 Å². The number of rotatable bonds is 3. The largest absolute Gasteiger partial charge is 0.351 e. The average molecular weight is 310 g/mol. The number of nitrogens with zero attached hydrogens (tertiary/aromatic N) is 2. The number of halogens is 1. The lowest BCUT2D eigenvalue weighted by Crippen LogP contribution is -2.25. The summed E-state index contributed by atoms with van der Waals surface area (Å²) in [5.41, 5.74) is 3.34. The Morgan fingerprint density at radius 1 is 1.50 bits per heavy atom. The van der Waals surface area contributed by atoms with E-state index in [2.05, 4.69) is 26.2 Å². The standard InChI is InChI=1S/C13H16BrN3O/c1-4-10-11(13(18)15-5-2)17-7-8(3)6-9(14)12(17)16-10/h6-7H,4-5H2,1-3H3,(H,15,18). The van der Waals surface area contributed by atoms with Crippen LogP contribution in [0, 0.1) is 6.92 Å². The first kappa shape index (κ1) is 13.1. The van der Waals surface area contributed by atoms with Gasteiger partial charge in [0.05, 0.1) is 10.2 Å². The van der Waals surface area contributed by atoms with Crippen LogP contribution in [-0.4, -0.2) is 21.8 Å². The number of pyridine rings is 1. The number of imidazole rings is 1. The highest BCUT2D eigenvalue weighted by molar-refractivity contribution is 9.10. The minimum atomic E-state index is -0.0700. The highest BCUT2D eigenvalue weighted by atomic mass is 79.9. The van der Waals surface area contributed by atoms with Crippen molar-refractivity contribution in [1.82, 2.24) is 14.7 Å². The van der Waals surface area contributed by atoms with Crippen molar-refractivity contribution in [1.29, 1.82) is 0 Å². The van der Waals surface area contributed by atoms with Gasteiger partial charge >= 0.3 is 0 Å². The number of hydrogen-bond donors (Lipinski definition) is 1. The molecule has 0 bridgehead atoms. The number of carbonyl (C=O) groups excluding carboxylic acids is 1. The maximum atomic E-state index is 12.1. The molecule has 1 amide bonds.